The first-order valence-corrected chi connectivity index (χ1v) is 5.85. The van der Waals surface area contributed by atoms with Crippen LogP contribution in [0.4, 0.5) is 0 Å². The van der Waals surface area contributed by atoms with Gasteiger partial charge in [-0.2, -0.15) is 4.80 Å². The summed E-state index contributed by atoms with van der Waals surface area (Å²) in [4.78, 5) is 10.0. The van der Waals surface area contributed by atoms with Gasteiger partial charge in [0.15, 0.2) is 5.82 Å². The zero-order chi connectivity index (χ0) is 13.2. The van der Waals surface area contributed by atoms with E-state index in [4.69, 9.17) is 0 Å². The summed E-state index contributed by atoms with van der Waals surface area (Å²) >= 11 is 0. The molecule has 2 aromatic heterocycles. The van der Waals surface area contributed by atoms with Gasteiger partial charge in [0.1, 0.15) is 6.10 Å². The number of benzene rings is 1. The van der Waals surface area contributed by atoms with Gasteiger partial charge in [-0.25, -0.2) is 4.98 Å². The van der Waals surface area contributed by atoms with Gasteiger partial charge in [0.25, 0.3) is 0 Å². The van der Waals surface area contributed by atoms with Gasteiger partial charge < -0.3 is 5.11 Å². The van der Waals surface area contributed by atoms with E-state index in [2.05, 4.69) is 25.4 Å². The lowest BCUT2D eigenvalue weighted by atomic mass is 10.2. The summed E-state index contributed by atoms with van der Waals surface area (Å²) in [5.41, 5.74) is 2.06. The van der Waals surface area contributed by atoms with E-state index < -0.39 is 6.10 Å². The van der Waals surface area contributed by atoms with Crippen LogP contribution in [0.2, 0.25) is 0 Å². The molecule has 0 aliphatic carbocycles. The third-order valence-electron chi connectivity index (χ3n) is 2.73. The van der Waals surface area contributed by atoms with Crippen molar-refractivity contribution in [3.63, 3.8) is 0 Å². The summed E-state index contributed by atoms with van der Waals surface area (Å²) in [7, 11) is 1.68. The second-order valence-electron chi connectivity index (χ2n) is 4.20. The third kappa shape index (κ3) is 2.41. The van der Waals surface area contributed by atoms with Crippen molar-refractivity contribution in [2.45, 2.75) is 12.5 Å². The number of fused-ring (bicyclic) bond motifs is 1. The van der Waals surface area contributed by atoms with E-state index >= 15 is 0 Å². The molecule has 1 atom stereocenters. The molecular formula is C12H12N6O. The van der Waals surface area contributed by atoms with Gasteiger partial charge in [-0.05, 0) is 17.3 Å². The number of aromatic nitrogens is 6. The molecule has 19 heavy (non-hydrogen) atoms. The average Bonchev–Trinajstić information content (AvgIpc) is 2.83. The highest BCUT2D eigenvalue weighted by Crippen LogP contribution is 2.16. The van der Waals surface area contributed by atoms with E-state index in [9.17, 15) is 5.11 Å². The second-order valence-corrected chi connectivity index (χ2v) is 4.20. The highest BCUT2D eigenvalue weighted by molar-refractivity contribution is 5.73. The highest BCUT2D eigenvalue weighted by atomic mass is 16.3. The standard InChI is InChI=1S/C12H12N6O/c1-18-16-12(15-17-18)6-11(19)10-7-13-8-4-2-3-5-9(8)14-10/h2-5,7,11,19H,6H2,1H3. The largest absolute Gasteiger partial charge is 0.386 e. The SMILES string of the molecule is Cn1nnc(CC(O)c2cnc3ccccc3n2)n1. The molecule has 7 nitrogen and oxygen atoms in total. The van der Waals surface area contributed by atoms with Crippen molar-refractivity contribution in [3.8, 4) is 0 Å². The molecule has 1 unspecified atom stereocenters. The number of rotatable bonds is 3. The Labute approximate surface area is 108 Å². The maximum absolute atomic E-state index is 10.1. The van der Waals surface area contributed by atoms with Crippen molar-refractivity contribution in [2.75, 3.05) is 0 Å². The Morgan fingerprint density at radius 3 is 2.79 bits per heavy atom. The average molecular weight is 256 g/mol. The first-order valence-electron chi connectivity index (χ1n) is 5.85. The van der Waals surface area contributed by atoms with Crippen LogP contribution >= 0.6 is 0 Å². The van der Waals surface area contributed by atoms with Gasteiger partial charge in [0, 0.05) is 6.42 Å². The van der Waals surface area contributed by atoms with Gasteiger partial charge in [-0.3, -0.25) is 4.98 Å². The van der Waals surface area contributed by atoms with Gasteiger partial charge in [-0.15, -0.1) is 10.2 Å². The molecule has 96 valence electrons. The summed E-state index contributed by atoms with van der Waals surface area (Å²) in [6.45, 7) is 0. The molecule has 0 bridgehead atoms. The van der Waals surface area contributed by atoms with E-state index in [0.29, 0.717) is 11.5 Å². The quantitative estimate of drug-likeness (QED) is 0.731. The molecule has 3 aromatic rings. The maximum atomic E-state index is 10.1. The molecule has 2 heterocycles. The Hall–Kier alpha value is -2.41. The minimum atomic E-state index is -0.790. The molecule has 0 fully saturated rings. The summed E-state index contributed by atoms with van der Waals surface area (Å²) in [6.07, 6.45) is 1.05. The Bertz CT molecular complexity index is 710. The van der Waals surface area contributed by atoms with Crippen molar-refractivity contribution < 1.29 is 5.11 Å². The first kappa shape index (κ1) is 11.7. The minimum absolute atomic E-state index is 0.265. The topological polar surface area (TPSA) is 89.6 Å². The van der Waals surface area contributed by atoms with Crippen molar-refractivity contribution >= 4 is 11.0 Å². The summed E-state index contributed by atoms with van der Waals surface area (Å²) in [5, 5.41) is 21.7. The number of aryl methyl sites for hydroxylation is 1. The highest BCUT2D eigenvalue weighted by Gasteiger charge is 2.14. The van der Waals surface area contributed by atoms with Crippen molar-refractivity contribution in [3.05, 3.63) is 42.0 Å². The van der Waals surface area contributed by atoms with Gasteiger partial charge in [-0.1, -0.05) is 12.1 Å². The van der Waals surface area contributed by atoms with Crippen LogP contribution in [0.1, 0.15) is 17.6 Å². The lowest BCUT2D eigenvalue weighted by Crippen LogP contribution is -2.06. The normalized spacial score (nSPS) is 12.7. The van der Waals surface area contributed by atoms with Crippen LogP contribution in [0.15, 0.2) is 30.5 Å². The maximum Gasteiger partial charge on any atom is 0.177 e. The lowest BCUT2D eigenvalue weighted by molar-refractivity contribution is 0.171. The number of aliphatic hydroxyl groups is 1. The Kier molecular flexibility index (Phi) is 2.88. The monoisotopic (exact) mass is 256 g/mol. The van der Waals surface area contributed by atoms with Crippen LogP contribution in [0.3, 0.4) is 0 Å². The van der Waals surface area contributed by atoms with E-state index in [0.717, 1.165) is 11.0 Å². The summed E-state index contributed by atoms with van der Waals surface area (Å²) in [6, 6.07) is 7.52. The van der Waals surface area contributed by atoms with Crippen LogP contribution in [0.25, 0.3) is 11.0 Å². The first-order chi connectivity index (χ1) is 9.22. The fraction of sp³-hybridized carbons (Fsp3) is 0.250. The van der Waals surface area contributed by atoms with E-state index in [1.165, 1.54) is 4.80 Å². The van der Waals surface area contributed by atoms with Crippen LogP contribution in [0, 0.1) is 0 Å². The van der Waals surface area contributed by atoms with Crippen LogP contribution < -0.4 is 0 Å². The zero-order valence-electron chi connectivity index (χ0n) is 10.3. The van der Waals surface area contributed by atoms with Crippen LogP contribution in [-0.4, -0.2) is 35.3 Å². The summed E-state index contributed by atoms with van der Waals surface area (Å²) in [5.74, 6) is 0.477. The Morgan fingerprint density at radius 1 is 1.26 bits per heavy atom. The number of hydrogen-bond acceptors (Lipinski definition) is 6. The summed E-state index contributed by atoms with van der Waals surface area (Å²) < 4.78 is 0. The molecule has 1 aromatic carbocycles. The predicted octanol–water partition coefficient (Wildman–Crippen LogP) is 0.429. The van der Waals surface area contributed by atoms with Crippen molar-refractivity contribution in [1.29, 1.82) is 0 Å². The number of nitrogens with zero attached hydrogens (tertiary/aromatic N) is 6. The third-order valence-corrected chi connectivity index (χ3v) is 2.73. The lowest BCUT2D eigenvalue weighted by Gasteiger charge is -2.07. The van der Waals surface area contributed by atoms with E-state index in [-0.39, 0.29) is 6.42 Å². The molecular weight excluding hydrogens is 244 g/mol. The molecule has 3 rings (SSSR count). The Balaban J connectivity index is 1.86. The number of hydrogen-bond donors (Lipinski definition) is 1. The molecule has 0 radical (unpaired) electrons. The smallest absolute Gasteiger partial charge is 0.177 e. The van der Waals surface area contributed by atoms with E-state index in [1.807, 2.05) is 24.3 Å². The predicted molar refractivity (Wildman–Crippen MR) is 67.0 cm³/mol. The second kappa shape index (κ2) is 4.69. The zero-order valence-corrected chi connectivity index (χ0v) is 10.3. The van der Waals surface area contributed by atoms with Crippen LogP contribution in [0.5, 0.6) is 0 Å². The van der Waals surface area contributed by atoms with E-state index in [1.54, 1.807) is 13.2 Å². The molecule has 1 N–H and O–H groups in total. The Morgan fingerprint density at radius 2 is 2.05 bits per heavy atom. The molecule has 0 amide bonds. The number of para-hydroxylation sites is 2. The van der Waals surface area contributed by atoms with Gasteiger partial charge in [0.2, 0.25) is 0 Å². The molecule has 0 saturated heterocycles. The number of tetrazole rings is 1. The van der Waals surface area contributed by atoms with Gasteiger partial charge >= 0.3 is 0 Å². The fourth-order valence-electron chi connectivity index (χ4n) is 1.81. The van der Waals surface area contributed by atoms with Crippen molar-refractivity contribution in [2.24, 2.45) is 7.05 Å². The molecule has 7 heteroatoms. The minimum Gasteiger partial charge on any atom is -0.386 e. The van der Waals surface area contributed by atoms with Crippen LogP contribution in [-0.2, 0) is 13.5 Å². The molecule has 0 aliphatic heterocycles. The fourth-order valence-corrected chi connectivity index (χ4v) is 1.81. The number of aliphatic hydroxyl groups excluding tert-OH is 1. The van der Waals surface area contributed by atoms with Gasteiger partial charge in [0.05, 0.1) is 30.0 Å². The molecule has 0 aliphatic rings. The molecule has 0 spiro atoms. The van der Waals surface area contributed by atoms with Crippen molar-refractivity contribution in [1.82, 2.24) is 30.2 Å². The molecule has 0 saturated carbocycles.